The topological polar surface area (TPSA) is 57.3 Å². The van der Waals surface area contributed by atoms with E-state index in [1.165, 1.54) is 5.56 Å². The molecule has 0 radical (unpaired) electrons. The minimum atomic E-state index is 0.559. The molecule has 3 aromatic rings. The molecule has 3 rings (SSSR count). The van der Waals surface area contributed by atoms with Crippen LogP contribution in [0.25, 0.3) is 11.3 Å². The van der Waals surface area contributed by atoms with Crippen molar-refractivity contribution in [3.63, 3.8) is 0 Å². The molecule has 0 saturated heterocycles. The summed E-state index contributed by atoms with van der Waals surface area (Å²) in [6, 6.07) is 12.2. The van der Waals surface area contributed by atoms with Crippen LogP contribution in [0, 0.1) is 6.92 Å². The van der Waals surface area contributed by atoms with Crippen LogP contribution in [0.1, 0.15) is 25.0 Å². The third-order valence-corrected chi connectivity index (χ3v) is 5.51. The summed E-state index contributed by atoms with van der Waals surface area (Å²) < 4.78 is 18.4. The lowest BCUT2D eigenvalue weighted by Gasteiger charge is -2.14. The summed E-state index contributed by atoms with van der Waals surface area (Å²) in [5.74, 6) is 1.75. The predicted molar refractivity (Wildman–Crippen MR) is 122 cm³/mol. The summed E-state index contributed by atoms with van der Waals surface area (Å²) in [5.41, 5.74) is 4.99. The second kappa shape index (κ2) is 9.63. The zero-order chi connectivity index (χ0) is 21.7. The van der Waals surface area contributed by atoms with Crippen LogP contribution in [0.5, 0.6) is 17.2 Å². The maximum atomic E-state index is 5.53. The molecule has 2 aromatic carbocycles. The van der Waals surface area contributed by atoms with Crippen LogP contribution in [-0.4, -0.2) is 38.3 Å². The maximum Gasteiger partial charge on any atom is 0.206 e. The molecule has 0 bridgehead atoms. The summed E-state index contributed by atoms with van der Waals surface area (Å²) in [5, 5.41) is 6.95. The SMILES string of the molecule is CCN=c1scc(-c2cc(OC)c(OC)c(OC)c2)n1N=C(C)c1ccc(C)cc1. The quantitative estimate of drug-likeness (QED) is 0.514. The number of ether oxygens (including phenoxy) is 3. The Morgan fingerprint density at radius 2 is 1.63 bits per heavy atom. The van der Waals surface area contributed by atoms with Gasteiger partial charge in [0.15, 0.2) is 11.5 Å². The minimum Gasteiger partial charge on any atom is -0.493 e. The van der Waals surface area contributed by atoms with Gasteiger partial charge in [-0.25, -0.2) is 4.68 Å². The van der Waals surface area contributed by atoms with Gasteiger partial charge in [0, 0.05) is 17.5 Å². The van der Waals surface area contributed by atoms with Gasteiger partial charge in [-0.05, 0) is 38.5 Å². The Bertz CT molecular complexity index is 1090. The van der Waals surface area contributed by atoms with E-state index in [4.69, 9.17) is 19.3 Å². The average molecular weight is 426 g/mol. The van der Waals surface area contributed by atoms with Crippen molar-refractivity contribution in [2.75, 3.05) is 27.9 Å². The van der Waals surface area contributed by atoms with Gasteiger partial charge in [-0.3, -0.25) is 4.99 Å². The molecule has 0 N–H and O–H groups in total. The van der Waals surface area contributed by atoms with Gasteiger partial charge in [-0.2, -0.15) is 5.10 Å². The van der Waals surface area contributed by atoms with Crippen molar-refractivity contribution < 1.29 is 14.2 Å². The van der Waals surface area contributed by atoms with Crippen molar-refractivity contribution in [3.05, 3.63) is 57.7 Å². The van der Waals surface area contributed by atoms with Gasteiger partial charge in [-0.15, -0.1) is 11.3 Å². The average Bonchev–Trinajstić information content (AvgIpc) is 3.15. The zero-order valence-electron chi connectivity index (χ0n) is 18.2. The molecule has 158 valence electrons. The summed E-state index contributed by atoms with van der Waals surface area (Å²) in [4.78, 5) is 5.45. The van der Waals surface area contributed by atoms with Crippen LogP contribution in [0.15, 0.2) is 51.9 Å². The largest absolute Gasteiger partial charge is 0.493 e. The first kappa shape index (κ1) is 21.6. The fourth-order valence-electron chi connectivity index (χ4n) is 3.07. The number of benzene rings is 2. The fraction of sp³-hybridized carbons (Fsp3) is 0.304. The lowest BCUT2D eigenvalue weighted by molar-refractivity contribution is 0.324. The molecule has 0 spiro atoms. The number of hydrogen-bond donors (Lipinski definition) is 0. The Hall–Kier alpha value is -3.06. The van der Waals surface area contributed by atoms with Crippen molar-refractivity contribution in [1.29, 1.82) is 0 Å². The molecule has 1 aromatic heterocycles. The van der Waals surface area contributed by atoms with E-state index in [0.29, 0.717) is 23.8 Å². The summed E-state index contributed by atoms with van der Waals surface area (Å²) in [6.07, 6.45) is 0. The number of thiazole rings is 1. The number of methoxy groups -OCH3 is 3. The van der Waals surface area contributed by atoms with Gasteiger partial charge in [0.25, 0.3) is 0 Å². The van der Waals surface area contributed by atoms with Crippen molar-refractivity contribution in [2.24, 2.45) is 10.1 Å². The molecule has 7 heteroatoms. The van der Waals surface area contributed by atoms with E-state index in [-0.39, 0.29) is 0 Å². The molecule has 1 heterocycles. The third kappa shape index (κ3) is 4.41. The molecule has 6 nitrogen and oxygen atoms in total. The van der Waals surface area contributed by atoms with Gasteiger partial charge in [-0.1, -0.05) is 29.8 Å². The highest BCUT2D eigenvalue weighted by atomic mass is 32.1. The molecule has 0 amide bonds. The molecule has 0 aliphatic heterocycles. The van der Waals surface area contributed by atoms with Crippen molar-refractivity contribution in [1.82, 2.24) is 4.68 Å². The molecule has 0 fully saturated rings. The summed E-state index contributed by atoms with van der Waals surface area (Å²) >= 11 is 1.55. The van der Waals surface area contributed by atoms with Crippen LogP contribution >= 0.6 is 11.3 Å². The Balaban J connectivity index is 2.19. The van der Waals surface area contributed by atoms with E-state index in [1.54, 1.807) is 32.7 Å². The van der Waals surface area contributed by atoms with Gasteiger partial charge >= 0.3 is 0 Å². The molecule has 0 saturated carbocycles. The number of nitrogens with zero attached hydrogens (tertiary/aromatic N) is 3. The molecule has 0 aliphatic carbocycles. The number of aromatic nitrogens is 1. The second-order valence-corrected chi connectivity index (χ2v) is 7.49. The molecule has 30 heavy (non-hydrogen) atoms. The van der Waals surface area contributed by atoms with E-state index in [1.807, 2.05) is 36.0 Å². The standard InChI is InChI=1S/C23H27N3O3S/c1-7-24-23-26(25-16(3)17-10-8-15(2)9-11-17)19(14-30-23)18-12-20(27-4)22(29-6)21(13-18)28-5/h8-14H,7H2,1-6H3. The Morgan fingerprint density at radius 1 is 1.00 bits per heavy atom. The number of hydrogen-bond acceptors (Lipinski definition) is 6. The Labute approximate surface area is 181 Å². The lowest BCUT2D eigenvalue weighted by Crippen LogP contribution is -2.14. The van der Waals surface area contributed by atoms with Crippen LogP contribution in [0.3, 0.4) is 0 Å². The Morgan fingerprint density at radius 3 is 2.17 bits per heavy atom. The molecule has 0 atom stereocenters. The maximum absolute atomic E-state index is 5.53. The summed E-state index contributed by atoms with van der Waals surface area (Å²) in [7, 11) is 4.82. The first-order chi connectivity index (χ1) is 14.5. The highest BCUT2D eigenvalue weighted by Gasteiger charge is 2.17. The first-order valence-corrected chi connectivity index (χ1v) is 10.5. The third-order valence-electron chi connectivity index (χ3n) is 4.66. The van der Waals surface area contributed by atoms with Gasteiger partial charge in [0.05, 0.1) is 32.7 Å². The monoisotopic (exact) mass is 425 g/mol. The molecule has 0 aliphatic rings. The highest BCUT2D eigenvalue weighted by Crippen LogP contribution is 2.41. The zero-order valence-corrected chi connectivity index (χ0v) is 19.0. The predicted octanol–water partition coefficient (Wildman–Crippen LogP) is 4.74. The van der Waals surface area contributed by atoms with E-state index < -0.39 is 0 Å². The summed E-state index contributed by atoms with van der Waals surface area (Å²) in [6.45, 7) is 6.77. The van der Waals surface area contributed by atoms with Gasteiger partial charge in [0.2, 0.25) is 10.6 Å². The normalized spacial score (nSPS) is 12.2. The molecular weight excluding hydrogens is 398 g/mol. The van der Waals surface area contributed by atoms with E-state index in [9.17, 15) is 0 Å². The number of aryl methyl sites for hydroxylation is 1. The fourth-order valence-corrected chi connectivity index (χ4v) is 3.96. The minimum absolute atomic E-state index is 0.559. The molecular formula is C23H27N3O3S. The molecule has 0 unspecified atom stereocenters. The Kier molecular flexibility index (Phi) is 6.95. The van der Waals surface area contributed by atoms with Crippen LogP contribution < -0.4 is 19.0 Å². The van der Waals surface area contributed by atoms with Gasteiger partial charge < -0.3 is 14.2 Å². The van der Waals surface area contributed by atoms with Crippen molar-refractivity contribution in [2.45, 2.75) is 20.8 Å². The van der Waals surface area contributed by atoms with Crippen LogP contribution in [0.4, 0.5) is 0 Å². The van der Waals surface area contributed by atoms with E-state index in [2.05, 4.69) is 36.2 Å². The van der Waals surface area contributed by atoms with Crippen LogP contribution in [-0.2, 0) is 0 Å². The highest BCUT2D eigenvalue weighted by molar-refractivity contribution is 7.07. The first-order valence-electron chi connectivity index (χ1n) is 9.66. The smallest absolute Gasteiger partial charge is 0.206 e. The van der Waals surface area contributed by atoms with Crippen molar-refractivity contribution >= 4 is 17.0 Å². The number of rotatable bonds is 7. The van der Waals surface area contributed by atoms with E-state index in [0.717, 1.165) is 27.3 Å². The van der Waals surface area contributed by atoms with Gasteiger partial charge in [0.1, 0.15) is 0 Å². The second-order valence-electron chi connectivity index (χ2n) is 6.66. The van der Waals surface area contributed by atoms with Crippen LogP contribution in [0.2, 0.25) is 0 Å². The van der Waals surface area contributed by atoms with Crippen molar-refractivity contribution in [3.8, 4) is 28.5 Å². The van der Waals surface area contributed by atoms with E-state index >= 15 is 0 Å². The lowest BCUT2D eigenvalue weighted by atomic mass is 10.1.